The number of hydrogen-bond donors (Lipinski definition) is 2. The Hall–Kier alpha value is -0.910. The topological polar surface area (TPSA) is 55.3 Å². The van der Waals surface area contributed by atoms with Crippen LogP contribution in [0.1, 0.15) is 50.6 Å². The predicted octanol–water partition coefficient (Wildman–Crippen LogP) is 4.01. The fourth-order valence-corrected chi connectivity index (χ4v) is 4.28. The molecular weight excluding hydrogens is 349 g/mol. The average Bonchev–Trinajstić information content (AvgIpc) is 2.81. The lowest BCUT2D eigenvalue weighted by atomic mass is 9.78. The van der Waals surface area contributed by atoms with E-state index in [0.29, 0.717) is 16.7 Å². The number of nitrogens with one attached hydrogen (secondary N) is 2. The van der Waals surface area contributed by atoms with E-state index in [1.165, 1.54) is 19.3 Å². The van der Waals surface area contributed by atoms with E-state index >= 15 is 0 Å². The fourth-order valence-electron chi connectivity index (χ4n) is 3.86. The Bertz CT molecular complexity index is 591. The van der Waals surface area contributed by atoms with Crippen molar-refractivity contribution in [3.05, 3.63) is 21.9 Å². The minimum Gasteiger partial charge on any atom is -0.375 e. The van der Waals surface area contributed by atoms with Gasteiger partial charge in [-0.1, -0.05) is 42.5 Å². The van der Waals surface area contributed by atoms with Crippen molar-refractivity contribution < 1.29 is 9.53 Å². The number of halogens is 2. The van der Waals surface area contributed by atoms with Crippen LogP contribution in [0.15, 0.2) is 6.07 Å². The van der Waals surface area contributed by atoms with E-state index in [1.807, 2.05) is 7.05 Å². The molecule has 1 aliphatic carbocycles. The molecule has 0 radical (unpaired) electrons. The molecule has 1 aliphatic heterocycles. The van der Waals surface area contributed by atoms with Crippen LogP contribution in [0.5, 0.6) is 0 Å². The van der Waals surface area contributed by atoms with Crippen molar-refractivity contribution in [2.45, 2.75) is 63.1 Å². The number of rotatable bonds is 3. The zero-order valence-corrected chi connectivity index (χ0v) is 15.6. The Labute approximate surface area is 153 Å². The van der Waals surface area contributed by atoms with Gasteiger partial charge in [0.2, 0.25) is 0 Å². The standard InChI is InChI=1S/C17H25Cl2N3O2/c1-22-13(9-14(18)15(22)19)11-20-16(23)21-12-5-8-24-17(10-12)6-3-2-4-7-17/h9,12H,2-8,10-11H2,1H3,(H2,20,21,23). The van der Waals surface area contributed by atoms with Crippen LogP contribution in [0.3, 0.4) is 0 Å². The molecule has 1 aromatic rings. The van der Waals surface area contributed by atoms with Crippen molar-refractivity contribution in [2.24, 2.45) is 7.05 Å². The summed E-state index contributed by atoms with van der Waals surface area (Å²) in [5, 5.41) is 6.97. The van der Waals surface area contributed by atoms with E-state index in [-0.39, 0.29) is 17.7 Å². The summed E-state index contributed by atoms with van der Waals surface area (Å²) in [5.41, 5.74) is 0.865. The van der Waals surface area contributed by atoms with Crippen LogP contribution >= 0.6 is 23.2 Å². The van der Waals surface area contributed by atoms with Gasteiger partial charge >= 0.3 is 6.03 Å². The molecule has 1 spiro atoms. The van der Waals surface area contributed by atoms with Crippen LogP contribution in [0, 0.1) is 0 Å². The van der Waals surface area contributed by atoms with Crippen LogP contribution < -0.4 is 10.6 Å². The summed E-state index contributed by atoms with van der Waals surface area (Å²) >= 11 is 12.0. The molecule has 1 aromatic heterocycles. The molecule has 2 N–H and O–H groups in total. The first kappa shape index (κ1) is 17.9. The summed E-state index contributed by atoms with van der Waals surface area (Å²) in [7, 11) is 1.83. The third-order valence-electron chi connectivity index (χ3n) is 5.24. The van der Waals surface area contributed by atoms with Crippen molar-refractivity contribution in [3.8, 4) is 0 Å². The van der Waals surface area contributed by atoms with E-state index in [0.717, 1.165) is 38.0 Å². The predicted molar refractivity (Wildman–Crippen MR) is 95.6 cm³/mol. The van der Waals surface area contributed by atoms with Gasteiger partial charge in [-0.15, -0.1) is 0 Å². The number of nitrogens with zero attached hydrogens (tertiary/aromatic N) is 1. The molecule has 5 nitrogen and oxygen atoms in total. The smallest absolute Gasteiger partial charge is 0.315 e. The highest BCUT2D eigenvalue weighted by Crippen LogP contribution is 2.38. The van der Waals surface area contributed by atoms with Gasteiger partial charge in [0.15, 0.2) is 0 Å². The Kier molecular flexibility index (Phi) is 5.63. The third kappa shape index (κ3) is 4.01. The van der Waals surface area contributed by atoms with E-state index in [9.17, 15) is 4.79 Å². The molecule has 7 heteroatoms. The highest BCUT2D eigenvalue weighted by atomic mass is 35.5. The summed E-state index contributed by atoms with van der Waals surface area (Å²) in [4.78, 5) is 12.2. The molecule has 1 atom stereocenters. The summed E-state index contributed by atoms with van der Waals surface area (Å²) in [6.45, 7) is 1.12. The minimum absolute atomic E-state index is 0.00633. The number of urea groups is 1. The highest BCUT2D eigenvalue weighted by Gasteiger charge is 2.38. The number of hydrogen-bond acceptors (Lipinski definition) is 2. The maximum atomic E-state index is 12.2. The molecule has 2 fully saturated rings. The van der Waals surface area contributed by atoms with Gasteiger partial charge in [0.05, 0.1) is 17.2 Å². The molecule has 0 aromatic carbocycles. The van der Waals surface area contributed by atoms with Gasteiger partial charge in [-0.3, -0.25) is 0 Å². The molecule has 2 heterocycles. The Morgan fingerprint density at radius 2 is 2.12 bits per heavy atom. The fraction of sp³-hybridized carbons (Fsp3) is 0.706. The number of aromatic nitrogens is 1. The quantitative estimate of drug-likeness (QED) is 0.840. The second-order valence-corrected chi connectivity index (χ2v) is 7.71. The SMILES string of the molecule is Cn1c(CNC(=O)NC2CCOC3(CCCCC3)C2)cc(Cl)c1Cl. The lowest BCUT2D eigenvalue weighted by molar-refractivity contribution is -0.107. The largest absolute Gasteiger partial charge is 0.375 e. The van der Waals surface area contributed by atoms with Crippen LogP contribution in [0.25, 0.3) is 0 Å². The maximum absolute atomic E-state index is 12.2. The maximum Gasteiger partial charge on any atom is 0.315 e. The first-order chi connectivity index (χ1) is 11.5. The van der Waals surface area contributed by atoms with Crippen molar-refractivity contribution in [2.75, 3.05) is 6.61 Å². The molecule has 1 saturated carbocycles. The zero-order chi connectivity index (χ0) is 17.2. The number of carbonyl (C=O) groups is 1. The average molecular weight is 374 g/mol. The Morgan fingerprint density at radius 3 is 2.79 bits per heavy atom. The third-order valence-corrected chi connectivity index (χ3v) is 6.08. The van der Waals surface area contributed by atoms with E-state index in [4.69, 9.17) is 27.9 Å². The Morgan fingerprint density at radius 1 is 1.38 bits per heavy atom. The monoisotopic (exact) mass is 373 g/mol. The number of amides is 2. The number of carbonyl (C=O) groups excluding carboxylic acids is 1. The first-order valence-corrected chi connectivity index (χ1v) is 9.43. The number of ether oxygens (including phenoxy) is 1. The molecule has 2 aliphatic rings. The molecule has 2 amide bonds. The normalized spacial score (nSPS) is 23.2. The van der Waals surface area contributed by atoms with Gasteiger partial charge in [-0.05, 0) is 31.7 Å². The molecule has 1 saturated heterocycles. The van der Waals surface area contributed by atoms with Crippen molar-refractivity contribution in [1.29, 1.82) is 0 Å². The summed E-state index contributed by atoms with van der Waals surface area (Å²) in [5.74, 6) is 0. The van der Waals surface area contributed by atoms with Crippen LogP contribution in [0.2, 0.25) is 10.2 Å². The van der Waals surface area contributed by atoms with Gasteiger partial charge in [0, 0.05) is 25.4 Å². The van der Waals surface area contributed by atoms with Gasteiger partial charge in [-0.2, -0.15) is 0 Å². The molecule has 134 valence electrons. The molecular formula is C17H25Cl2N3O2. The lowest BCUT2D eigenvalue weighted by Gasteiger charge is -2.43. The second-order valence-electron chi connectivity index (χ2n) is 6.94. The Balaban J connectivity index is 1.50. The van der Waals surface area contributed by atoms with Gasteiger partial charge in [-0.25, -0.2) is 4.79 Å². The van der Waals surface area contributed by atoms with Crippen LogP contribution in [-0.4, -0.2) is 28.8 Å². The lowest BCUT2D eigenvalue weighted by Crippen LogP contribution is -2.51. The van der Waals surface area contributed by atoms with Crippen molar-refractivity contribution in [1.82, 2.24) is 15.2 Å². The molecule has 0 bridgehead atoms. The molecule has 24 heavy (non-hydrogen) atoms. The van der Waals surface area contributed by atoms with Gasteiger partial charge in [0.1, 0.15) is 5.15 Å². The first-order valence-electron chi connectivity index (χ1n) is 8.67. The van der Waals surface area contributed by atoms with Crippen molar-refractivity contribution in [3.63, 3.8) is 0 Å². The highest BCUT2D eigenvalue weighted by molar-refractivity contribution is 6.41. The minimum atomic E-state index is -0.152. The zero-order valence-electron chi connectivity index (χ0n) is 14.0. The van der Waals surface area contributed by atoms with Crippen LogP contribution in [-0.2, 0) is 18.3 Å². The van der Waals surface area contributed by atoms with Crippen molar-refractivity contribution >= 4 is 29.2 Å². The van der Waals surface area contributed by atoms with E-state index in [2.05, 4.69) is 10.6 Å². The van der Waals surface area contributed by atoms with Crippen LogP contribution in [0.4, 0.5) is 4.79 Å². The second kappa shape index (κ2) is 7.54. The summed E-state index contributed by atoms with van der Waals surface area (Å²) < 4.78 is 7.85. The molecule has 1 unspecified atom stereocenters. The summed E-state index contributed by atoms with van der Waals surface area (Å²) in [6.07, 6.45) is 7.78. The molecule has 3 rings (SSSR count). The van der Waals surface area contributed by atoms with E-state index < -0.39 is 0 Å². The summed E-state index contributed by atoms with van der Waals surface area (Å²) in [6, 6.07) is 1.80. The van der Waals surface area contributed by atoms with Gasteiger partial charge in [0.25, 0.3) is 0 Å². The van der Waals surface area contributed by atoms with E-state index in [1.54, 1.807) is 10.6 Å². The van der Waals surface area contributed by atoms with Gasteiger partial charge < -0.3 is 19.9 Å².